The maximum absolute atomic E-state index is 6.42. The molecule has 0 saturated carbocycles. The van der Waals surface area contributed by atoms with Gasteiger partial charge in [-0.1, -0.05) is 72.8 Å². The Kier molecular flexibility index (Phi) is 4.76. The van der Waals surface area contributed by atoms with Crippen LogP contribution in [0.1, 0.15) is 16.7 Å². The highest BCUT2D eigenvalue weighted by Gasteiger charge is 2.42. The number of benzene rings is 3. The van der Waals surface area contributed by atoms with E-state index in [4.69, 9.17) is 42.7 Å². The summed E-state index contributed by atoms with van der Waals surface area (Å²) in [6.07, 6.45) is 0. The first kappa shape index (κ1) is 17.9. The molecule has 2 nitrogen and oxygen atoms in total. The van der Waals surface area contributed by atoms with Crippen molar-refractivity contribution in [1.82, 2.24) is 0 Å². The van der Waals surface area contributed by atoms with Gasteiger partial charge in [-0.25, -0.2) is 0 Å². The molecule has 0 saturated heterocycles. The van der Waals surface area contributed by atoms with Gasteiger partial charge < -0.3 is 9.47 Å². The van der Waals surface area contributed by atoms with Gasteiger partial charge in [0.15, 0.2) is 0 Å². The smallest absolute Gasteiger partial charge is 0.372 e. The number of hydrogen-bond donors (Lipinski definition) is 0. The van der Waals surface area contributed by atoms with Crippen LogP contribution >= 0.6 is 33.2 Å². The minimum Gasteiger partial charge on any atom is -0.453 e. The van der Waals surface area contributed by atoms with Gasteiger partial charge in [0.05, 0.1) is 6.61 Å². The lowest BCUT2D eigenvalue weighted by molar-refractivity contribution is -0.184. The van der Waals surface area contributed by atoms with Gasteiger partial charge in [-0.15, -0.1) is 33.2 Å². The summed E-state index contributed by atoms with van der Waals surface area (Å²) in [4.78, 5) is 0. The zero-order valence-corrected chi connectivity index (χ0v) is 16.9. The Hall–Kier alpha value is -1.49. The van der Waals surface area contributed by atoms with E-state index in [1.165, 1.54) is 0 Å². The lowest BCUT2D eigenvalue weighted by Gasteiger charge is -2.39. The molecule has 0 bridgehead atoms. The Bertz CT molecular complexity index is 872. The van der Waals surface area contributed by atoms with Crippen molar-refractivity contribution in [3.8, 4) is 5.75 Å². The fourth-order valence-electron chi connectivity index (χ4n) is 3.10. The van der Waals surface area contributed by atoms with Crippen molar-refractivity contribution >= 4 is 44.4 Å². The van der Waals surface area contributed by atoms with Crippen molar-refractivity contribution in [2.24, 2.45) is 0 Å². The molecule has 0 atom stereocenters. The summed E-state index contributed by atoms with van der Waals surface area (Å²) in [5, 5.41) is 0.723. The highest BCUT2D eigenvalue weighted by atomic mass is 35.8. The molecule has 132 valence electrons. The largest absolute Gasteiger partial charge is 0.453 e. The van der Waals surface area contributed by atoms with Crippen molar-refractivity contribution in [2.75, 3.05) is 0 Å². The third-order valence-electron chi connectivity index (χ3n) is 4.38. The van der Waals surface area contributed by atoms with E-state index < -0.39 is 11.8 Å². The van der Waals surface area contributed by atoms with Crippen LogP contribution < -0.4 is 9.92 Å². The van der Waals surface area contributed by atoms with Crippen LogP contribution in [0.3, 0.4) is 0 Å². The van der Waals surface area contributed by atoms with Gasteiger partial charge in [0.25, 0.3) is 5.79 Å². The number of hydrogen-bond acceptors (Lipinski definition) is 2. The topological polar surface area (TPSA) is 18.5 Å². The third-order valence-corrected chi connectivity index (χ3v) is 7.31. The van der Waals surface area contributed by atoms with Gasteiger partial charge in [0, 0.05) is 16.7 Å². The molecular formula is C20H15Cl3O2Si. The van der Waals surface area contributed by atoms with Crippen molar-refractivity contribution < 1.29 is 9.47 Å². The van der Waals surface area contributed by atoms with Crippen LogP contribution in [0.15, 0.2) is 78.9 Å². The second-order valence-corrected chi connectivity index (χ2v) is 14.5. The Balaban J connectivity index is 1.81. The van der Waals surface area contributed by atoms with E-state index in [0.717, 1.165) is 27.6 Å². The summed E-state index contributed by atoms with van der Waals surface area (Å²) in [5.74, 6) is -0.273. The van der Waals surface area contributed by atoms with Gasteiger partial charge in [0.1, 0.15) is 5.75 Å². The second-order valence-electron chi connectivity index (χ2n) is 6.06. The summed E-state index contributed by atoms with van der Waals surface area (Å²) in [6.45, 7) is 0.363. The fraction of sp³-hybridized carbons (Fsp3) is 0.100. The van der Waals surface area contributed by atoms with Crippen molar-refractivity contribution in [2.45, 2.75) is 12.4 Å². The molecule has 0 aromatic heterocycles. The Morgan fingerprint density at radius 1 is 0.769 bits per heavy atom. The van der Waals surface area contributed by atoms with Gasteiger partial charge in [0.2, 0.25) is 0 Å². The third kappa shape index (κ3) is 3.26. The number of halogens is 3. The highest BCUT2D eigenvalue weighted by Crippen LogP contribution is 2.42. The summed E-state index contributed by atoms with van der Waals surface area (Å²) >= 11 is 18.4. The summed E-state index contributed by atoms with van der Waals surface area (Å²) in [7, 11) is 0. The predicted octanol–water partition coefficient (Wildman–Crippen LogP) is 5.36. The molecule has 0 spiro atoms. The molecule has 6 heteroatoms. The molecule has 1 aliphatic rings. The molecule has 3 aromatic carbocycles. The average Bonchev–Trinajstić information content (AvgIpc) is 2.68. The van der Waals surface area contributed by atoms with E-state index in [-0.39, 0.29) is 0 Å². The minimum absolute atomic E-state index is 0.363. The first-order valence-electron chi connectivity index (χ1n) is 8.13. The molecule has 3 aromatic rings. The van der Waals surface area contributed by atoms with Gasteiger partial charge in [-0.2, -0.15) is 0 Å². The fourth-order valence-corrected chi connectivity index (χ4v) is 4.77. The molecule has 0 N–H and O–H groups in total. The van der Waals surface area contributed by atoms with Crippen molar-refractivity contribution in [3.63, 3.8) is 0 Å². The SMILES string of the molecule is Cl[Si](Cl)(Cl)c1ccc2c(c1)COC(c1ccccc1)(c1ccccc1)O2. The zero-order valence-electron chi connectivity index (χ0n) is 13.7. The van der Waals surface area contributed by atoms with E-state index in [1.54, 1.807) is 0 Å². The first-order valence-corrected chi connectivity index (χ1v) is 13.2. The molecule has 26 heavy (non-hydrogen) atoms. The van der Waals surface area contributed by atoms with Gasteiger partial charge in [-0.05, 0) is 11.3 Å². The van der Waals surface area contributed by atoms with Crippen LogP contribution in [-0.4, -0.2) is 6.00 Å². The van der Waals surface area contributed by atoms with Gasteiger partial charge in [-0.3, -0.25) is 0 Å². The normalized spacial score (nSPS) is 15.8. The number of rotatable bonds is 3. The van der Waals surface area contributed by atoms with Crippen LogP contribution in [0, 0.1) is 0 Å². The van der Waals surface area contributed by atoms with Crippen molar-refractivity contribution in [3.05, 3.63) is 95.6 Å². The van der Waals surface area contributed by atoms with Crippen LogP contribution in [-0.2, 0) is 17.1 Å². The maximum Gasteiger partial charge on any atom is 0.372 e. The lowest BCUT2D eigenvalue weighted by atomic mass is 9.95. The Morgan fingerprint density at radius 3 is 1.88 bits per heavy atom. The number of fused-ring (bicyclic) bond motifs is 1. The molecule has 0 fully saturated rings. The molecule has 0 amide bonds. The minimum atomic E-state index is -2.95. The summed E-state index contributed by atoms with van der Waals surface area (Å²) in [5.41, 5.74) is 2.73. The zero-order chi connectivity index (χ0) is 18.2. The summed E-state index contributed by atoms with van der Waals surface area (Å²) in [6, 6.07) is 22.4. The highest BCUT2D eigenvalue weighted by molar-refractivity contribution is 7.69. The molecule has 1 heterocycles. The second kappa shape index (κ2) is 6.91. The van der Waals surface area contributed by atoms with Gasteiger partial charge >= 0.3 is 6.00 Å². The Morgan fingerprint density at radius 2 is 1.35 bits per heavy atom. The molecule has 4 rings (SSSR count). The monoisotopic (exact) mass is 420 g/mol. The van der Waals surface area contributed by atoms with E-state index in [9.17, 15) is 0 Å². The van der Waals surface area contributed by atoms with E-state index in [1.807, 2.05) is 78.9 Å². The van der Waals surface area contributed by atoms with Crippen molar-refractivity contribution in [1.29, 1.82) is 0 Å². The number of ether oxygens (including phenoxy) is 2. The quantitative estimate of drug-likeness (QED) is 0.419. The Labute approximate surface area is 167 Å². The van der Waals surface area contributed by atoms with Crippen LogP contribution in [0.25, 0.3) is 0 Å². The summed E-state index contributed by atoms with van der Waals surface area (Å²) < 4.78 is 12.7. The van der Waals surface area contributed by atoms with Crippen LogP contribution in [0.5, 0.6) is 5.75 Å². The molecule has 0 unspecified atom stereocenters. The van der Waals surface area contributed by atoms with E-state index in [0.29, 0.717) is 6.61 Å². The predicted molar refractivity (Wildman–Crippen MR) is 108 cm³/mol. The first-order chi connectivity index (χ1) is 12.5. The molecule has 1 aliphatic heterocycles. The lowest BCUT2D eigenvalue weighted by Crippen LogP contribution is -2.41. The molecule has 0 radical (unpaired) electrons. The van der Waals surface area contributed by atoms with Crippen LogP contribution in [0.4, 0.5) is 0 Å². The molecule has 0 aliphatic carbocycles. The maximum atomic E-state index is 6.42. The molecular weight excluding hydrogens is 407 g/mol. The van der Waals surface area contributed by atoms with E-state index in [2.05, 4.69) is 0 Å². The van der Waals surface area contributed by atoms with Crippen LogP contribution in [0.2, 0.25) is 0 Å². The van der Waals surface area contributed by atoms with E-state index >= 15 is 0 Å². The average molecular weight is 422 g/mol. The standard InChI is InChI=1S/C20H15Cl3O2Si/c21-26(22,23)18-11-12-19-15(13-18)14-24-20(25-19,16-7-3-1-4-8-16)17-9-5-2-6-10-17/h1-13H,14H2.